The fraction of sp³-hybridized carbons (Fsp3) is 0. The Morgan fingerprint density at radius 2 is 1.85 bits per heavy atom. The van der Waals surface area contributed by atoms with E-state index in [9.17, 15) is 8.42 Å². The predicted octanol–water partition coefficient (Wildman–Crippen LogP) is -1.70. The fourth-order valence-corrected chi connectivity index (χ4v) is 1.71. The second-order valence-corrected chi connectivity index (χ2v) is 3.89. The van der Waals surface area contributed by atoms with Gasteiger partial charge in [-0.2, -0.15) is 8.42 Å². The van der Waals surface area contributed by atoms with Crippen molar-refractivity contribution in [2.45, 2.75) is 4.90 Å². The van der Waals surface area contributed by atoms with Crippen molar-refractivity contribution < 1.29 is 47.6 Å². The SMILES string of the molecule is O=S(=O)(O)c1ccc(O)cc1Cl.[Na+]. The summed E-state index contributed by atoms with van der Waals surface area (Å²) in [6.07, 6.45) is 0. The van der Waals surface area contributed by atoms with E-state index in [2.05, 4.69) is 0 Å². The average molecular weight is 232 g/mol. The molecular weight excluding hydrogens is 227 g/mol. The Bertz CT molecular complexity index is 403. The Morgan fingerprint density at radius 3 is 2.23 bits per heavy atom. The smallest absolute Gasteiger partial charge is 0.508 e. The molecule has 0 aliphatic heterocycles. The van der Waals surface area contributed by atoms with E-state index in [1.807, 2.05) is 0 Å². The molecule has 0 aliphatic carbocycles. The maximum atomic E-state index is 10.6. The molecular formula is C6H5ClNaO4S+. The molecule has 0 aromatic heterocycles. The van der Waals surface area contributed by atoms with Gasteiger partial charge in [-0.3, -0.25) is 4.55 Å². The fourth-order valence-electron chi connectivity index (χ4n) is 0.699. The molecule has 0 saturated heterocycles. The van der Waals surface area contributed by atoms with E-state index in [0.29, 0.717) is 0 Å². The van der Waals surface area contributed by atoms with Crippen LogP contribution in [0.5, 0.6) is 5.75 Å². The summed E-state index contributed by atoms with van der Waals surface area (Å²) in [4.78, 5) is -0.415. The van der Waals surface area contributed by atoms with E-state index < -0.39 is 15.0 Å². The van der Waals surface area contributed by atoms with Gasteiger partial charge in [-0.1, -0.05) is 11.6 Å². The van der Waals surface area contributed by atoms with Gasteiger partial charge in [0.25, 0.3) is 10.1 Å². The molecule has 0 fully saturated rings. The van der Waals surface area contributed by atoms with Gasteiger partial charge in [0.15, 0.2) is 0 Å². The van der Waals surface area contributed by atoms with Crippen molar-refractivity contribution in [2.24, 2.45) is 0 Å². The maximum absolute atomic E-state index is 10.6. The summed E-state index contributed by atoms with van der Waals surface area (Å²) < 4.78 is 29.7. The summed E-state index contributed by atoms with van der Waals surface area (Å²) in [6.45, 7) is 0. The molecule has 0 spiro atoms. The minimum Gasteiger partial charge on any atom is -0.508 e. The van der Waals surface area contributed by atoms with Crippen molar-refractivity contribution in [1.29, 1.82) is 0 Å². The summed E-state index contributed by atoms with van der Waals surface area (Å²) in [5, 5.41) is 8.63. The van der Waals surface area contributed by atoms with E-state index in [1.54, 1.807) is 0 Å². The van der Waals surface area contributed by atoms with Gasteiger partial charge < -0.3 is 5.11 Å². The quantitative estimate of drug-likeness (QED) is 0.446. The second-order valence-electron chi connectivity index (χ2n) is 2.09. The summed E-state index contributed by atoms with van der Waals surface area (Å²) in [5.41, 5.74) is 0. The van der Waals surface area contributed by atoms with Crippen LogP contribution in [0.2, 0.25) is 5.02 Å². The zero-order valence-corrected chi connectivity index (χ0v) is 10.3. The Balaban J connectivity index is 0.00000144. The van der Waals surface area contributed by atoms with E-state index in [4.69, 9.17) is 21.3 Å². The van der Waals surface area contributed by atoms with Crippen LogP contribution >= 0.6 is 11.6 Å². The zero-order valence-electron chi connectivity index (χ0n) is 6.73. The first-order valence-corrected chi connectivity index (χ1v) is 4.69. The molecule has 66 valence electrons. The van der Waals surface area contributed by atoms with E-state index in [0.717, 1.165) is 18.2 Å². The summed E-state index contributed by atoms with van der Waals surface area (Å²) in [7, 11) is -4.29. The van der Waals surface area contributed by atoms with Gasteiger partial charge in [0, 0.05) is 0 Å². The van der Waals surface area contributed by atoms with Crippen molar-refractivity contribution in [2.75, 3.05) is 0 Å². The van der Waals surface area contributed by atoms with Crippen LogP contribution in [-0.4, -0.2) is 18.1 Å². The number of hydrogen-bond donors (Lipinski definition) is 2. The standard InChI is InChI=1S/C6H5ClO4S.Na/c7-5-3-4(8)1-2-6(5)12(9,10)11;/h1-3,8H,(H,9,10,11);/q;+1. The molecule has 2 N–H and O–H groups in total. The van der Waals surface area contributed by atoms with Crippen LogP contribution in [0.15, 0.2) is 23.1 Å². The van der Waals surface area contributed by atoms with Gasteiger partial charge in [0.2, 0.25) is 0 Å². The van der Waals surface area contributed by atoms with Crippen molar-refractivity contribution in [3.05, 3.63) is 23.2 Å². The molecule has 1 aromatic carbocycles. The number of benzene rings is 1. The third-order valence-corrected chi connectivity index (χ3v) is 2.53. The largest absolute Gasteiger partial charge is 1.00 e. The molecule has 0 heterocycles. The van der Waals surface area contributed by atoms with Crippen LogP contribution in [0.3, 0.4) is 0 Å². The monoisotopic (exact) mass is 231 g/mol. The molecule has 0 aliphatic rings. The van der Waals surface area contributed by atoms with Gasteiger partial charge >= 0.3 is 29.6 Å². The molecule has 0 bridgehead atoms. The van der Waals surface area contributed by atoms with Gasteiger partial charge in [-0.25, -0.2) is 0 Å². The maximum Gasteiger partial charge on any atom is 1.00 e. The normalized spacial score (nSPS) is 10.6. The Kier molecular flexibility index (Phi) is 4.71. The predicted molar refractivity (Wildman–Crippen MR) is 42.9 cm³/mol. The van der Waals surface area contributed by atoms with Gasteiger partial charge in [0.1, 0.15) is 10.6 Å². The van der Waals surface area contributed by atoms with Crippen molar-refractivity contribution in [3.8, 4) is 5.75 Å². The number of hydrogen-bond acceptors (Lipinski definition) is 3. The van der Waals surface area contributed by atoms with E-state index in [-0.39, 0.29) is 40.3 Å². The van der Waals surface area contributed by atoms with Crippen LogP contribution in [0.4, 0.5) is 0 Å². The Hall–Kier alpha value is 0.220. The van der Waals surface area contributed by atoms with E-state index in [1.165, 1.54) is 0 Å². The average Bonchev–Trinajstić information content (AvgIpc) is 1.83. The third-order valence-electron chi connectivity index (χ3n) is 1.19. The van der Waals surface area contributed by atoms with Gasteiger partial charge in [-0.05, 0) is 18.2 Å². The summed E-state index contributed by atoms with van der Waals surface area (Å²) >= 11 is 5.41. The first-order valence-electron chi connectivity index (χ1n) is 2.87. The molecule has 0 saturated carbocycles. The molecule has 0 amide bonds. The van der Waals surface area contributed by atoms with Crippen LogP contribution in [-0.2, 0) is 10.1 Å². The topological polar surface area (TPSA) is 74.6 Å². The number of aromatic hydroxyl groups is 1. The molecule has 0 atom stereocenters. The first kappa shape index (κ1) is 13.2. The summed E-state index contributed by atoms with van der Waals surface area (Å²) in [6, 6.07) is 3.17. The second kappa shape index (κ2) is 4.63. The Labute approximate surface area is 103 Å². The first-order chi connectivity index (χ1) is 5.41. The van der Waals surface area contributed by atoms with Crippen LogP contribution in [0.1, 0.15) is 0 Å². The van der Waals surface area contributed by atoms with Crippen molar-refractivity contribution in [3.63, 3.8) is 0 Å². The number of phenols is 1. The van der Waals surface area contributed by atoms with Crippen LogP contribution < -0.4 is 29.6 Å². The van der Waals surface area contributed by atoms with Crippen molar-refractivity contribution in [1.82, 2.24) is 0 Å². The molecule has 13 heavy (non-hydrogen) atoms. The minimum absolute atomic E-state index is 0. The zero-order chi connectivity index (χ0) is 9.35. The molecule has 7 heteroatoms. The van der Waals surface area contributed by atoms with Gasteiger partial charge in [-0.15, -0.1) is 0 Å². The molecule has 0 radical (unpaired) electrons. The summed E-state index contributed by atoms with van der Waals surface area (Å²) in [5.74, 6) is -0.160. The molecule has 1 rings (SSSR count). The minimum atomic E-state index is -4.29. The molecule has 4 nitrogen and oxygen atoms in total. The number of rotatable bonds is 1. The molecule has 1 aromatic rings. The van der Waals surface area contributed by atoms with Crippen LogP contribution in [0, 0.1) is 0 Å². The number of phenolic OH excluding ortho intramolecular Hbond substituents is 1. The van der Waals surface area contributed by atoms with Crippen molar-refractivity contribution >= 4 is 21.7 Å². The van der Waals surface area contributed by atoms with Gasteiger partial charge in [0.05, 0.1) is 5.02 Å². The number of halogens is 1. The Morgan fingerprint density at radius 1 is 1.31 bits per heavy atom. The van der Waals surface area contributed by atoms with E-state index >= 15 is 0 Å². The third kappa shape index (κ3) is 3.46. The molecule has 0 unspecified atom stereocenters. The van der Waals surface area contributed by atoms with Crippen LogP contribution in [0.25, 0.3) is 0 Å².